The molecule has 7 heteroatoms. The third-order valence-corrected chi connectivity index (χ3v) is 6.98. The van der Waals surface area contributed by atoms with Crippen LogP contribution in [0.25, 0.3) is 16.8 Å². The Kier molecular flexibility index (Phi) is 7.06. The maximum absolute atomic E-state index is 13.8. The molecule has 0 N–H and O–H groups in total. The monoisotopic (exact) mass is 532 g/mol. The first-order valence-corrected chi connectivity index (χ1v) is 13.0. The summed E-state index contributed by atoms with van der Waals surface area (Å²) < 4.78 is 6.12. The molecule has 0 aliphatic carbocycles. The Morgan fingerprint density at radius 3 is 2.25 bits per heavy atom. The van der Waals surface area contributed by atoms with Crippen molar-refractivity contribution in [1.29, 1.82) is 0 Å². The van der Waals surface area contributed by atoms with Crippen molar-refractivity contribution in [3.63, 3.8) is 0 Å². The zero-order chi connectivity index (χ0) is 25.2. The molecule has 4 aromatic rings. The van der Waals surface area contributed by atoms with Crippen LogP contribution in [0, 0.1) is 0 Å². The molecule has 1 aliphatic rings. The molecule has 0 spiro atoms. The number of carbonyl (C=O) groups excluding carboxylic acids is 1. The number of rotatable bonds is 5. The number of anilines is 1. The molecule has 4 nitrogen and oxygen atoms in total. The average molecular weight is 533 g/mol. The second-order valence-electron chi connectivity index (χ2n) is 8.46. The van der Waals surface area contributed by atoms with Crippen LogP contribution in [0.1, 0.15) is 19.4 Å². The minimum Gasteiger partial charge on any atom is -0.490 e. The zero-order valence-corrected chi connectivity index (χ0v) is 21.9. The van der Waals surface area contributed by atoms with Crippen LogP contribution in [0.3, 0.4) is 0 Å². The predicted molar refractivity (Wildman–Crippen MR) is 153 cm³/mol. The lowest BCUT2D eigenvalue weighted by atomic mass is 10.0. The van der Waals surface area contributed by atoms with Crippen LogP contribution in [0.5, 0.6) is 5.75 Å². The number of benzene rings is 4. The van der Waals surface area contributed by atoms with E-state index >= 15 is 0 Å². The van der Waals surface area contributed by atoms with Gasteiger partial charge >= 0.3 is 0 Å². The van der Waals surface area contributed by atoms with E-state index in [1.807, 2.05) is 80.6 Å². The molecule has 1 aliphatic heterocycles. The van der Waals surface area contributed by atoms with Crippen molar-refractivity contribution in [2.75, 3.05) is 4.90 Å². The lowest BCUT2D eigenvalue weighted by Gasteiger charge is -2.16. The average Bonchev–Trinajstić information content (AvgIpc) is 3.16. The smallest absolute Gasteiger partial charge is 0.271 e. The van der Waals surface area contributed by atoms with Gasteiger partial charge in [-0.2, -0.15) is 0 Å². The molecule has 180 valence electrons. The standard InChI is InChI=1S/C29H22Cl2N2O2S/c1-18(2)35-26-16-7-19-5-3-4-6-24(19)25(26)17-27-28(34)33(23-14-10-21(31)11-15-23)29(36-27)32-22-12-8-20(30)9-13-22/h3-18H,1-2H3/b27-17-,32-29?. The van der Waals surface area contributed by atoms with Crippen LogP contribution >= 0.6 is 35.0 Å². The number of ether oxygens (including phenoxy) is 1. The van der Waals surface area contributed by atoms with E-state index < -0.39 is 0 Å². The molecule has 1 amide bonds. The molecule has 0 bridgehead atoms. The lowest BCUT2D eigenvalue weighted by molar-refractivity contribution is -0.113. The fraction of sp³-hybridized carbons (Fsp3) is 0.103. The van der Waals surface area contributed by atoms with Crippen molar-refractivity contribution in [3.05, 3.63) is 105 Å². The number of hydrogen-bond donors (Lipinski definition) is 0. The summed E-state index contributed by atoms with van der Waals surface area (Å²) in [5, 5.41) is 3.84. The maximum atomic E-state index is 13.8. The first-order chi connectivity index (χ1) is 17.4. The fourth-order valence-corrected chi connectivity index (χ4v) is 5.14. The predicted octanol–water partition coefficient (Wildman–Crippen LogP) is 8.74. The highest BCUT2D eigenvalue weighted by Gasteiger charge is 2.35. The number of amides is 1. The fourth-order valence-electron chi connectivity index (χ4n) is 3.90. The molecule has 1 heterocycles. The van der Waals surface area contributed by atoms with Crippen LogP contribution in [0.4, 0.5) is 11.4 Å². The van der Waals surface area contributed by atoms with E-state index in [4.69, 9.17) is 32.9 Å². The normalized spacial score (nSPS) is 16.0. The third-order valence-electron chi connectivity index (χ3n) is 5.51. The first-order valence-electron chi connectivity index (χ1n) is 11.4. The van der Waals surface area contributed by atoms with Crippen LogP contribution in [0.2, 0.25) is 10.0 Å². The minimum atomic E-state index is -0.168. The molecule has 36 heavy (non-hydrogen) atoms. The van der Waals surface area contributed by atoms with Crippen molar-refractivity contribution in [2.24, 2.45) is 4.99 Å². The Morgan fingerprint density at radius 1 is 0.889 bits per heavy atom. The van der Waals surface area contributed by atoms with E-state index in [-0.39, 0.29) is 12.0 Å². The molecule has 4 aromatic carbocycles. The Morgan fingerprint density at radius 2 is 1.56 bits per heavy atom. The maximum Gasteiger partial charge on any atom is 0.271 e. The molecule has 0 saturated carbocycles. The Hall–Kier alpha value is -3.25. The highest BCUT2D eigenvalue weighted by atomic mass is 35.5. The summed E-state index contributed by atoms with van der Waals surface area (Å²) in [5.74, 6) is 0.559. The van der Waals surface area contributed by atoms with Crippen molar-refractivity contribution < 1.29 is 9.53 Å². The van der Waals surface area contributed by atoms with Gasteiger partial charge in [0.25, 0.3) is 5.91 Å². The Labute approximate surface area is 224 Å². The molecule has 0 aromatic heterocycles. The molecule has 1 saturated heterocycles. The highest BCUT2D eigenvalue weighted by molar-refractivity contribution is 8.19. The van der Waals surface area contributed by atoms with E-state index in [1.165, 1.54) is 11.8 Å². The molecule has 1 fully saturated rings. The van der Waals surface area contributed by atoms with Crippen molar-refractivity contribution in [2.45, 2.75) is 20.0 Å². The van der Waals surface area contributed by atoms with Crippen molar-refractivity contribution >= 4 is 74.3 Å². The number of amidine groups is 1. The third kappa shape index (κ3) is 5.14. The molecular weight excluding hydrogens is 511 g/mol. The zero-order valence-electron chi connectivity index (χ0n) is 19.6. The van der Waals surface area contributed by atoms with E-state index in [2.05, 4.69) is 0 Å². The van der Waals surface area contributed by atoms with E-state index in [9.17, 15) is 4.79 Å². The molecular formula is C29H22Cl2N2O2S. The quantitative estimate of drug-likeness (QED) is 0.241. The van der Waals surface area contributed by atoms with Gasteiger partial charge < -0.3 is 4.74 Å². The first kappa shape index (κ1) is 24.4. The van der Waals surface area contributed by atoms with E-state index in [1.54, 1.807) is 29.2 Å². The Bertz CT molecular complexity index is 1500. The van der Waals surface area contributed by atoms with Crippen molar-refractivity contribution in [3.8, 4) is 5.75 Å². The van der Waals surface area contributed by atoms with Crippen LogP contribution < -0.4 is 9.64 Å². The summed E-state index contributed by atoms with van der Waals surface area (Å²) in [6.45, 7) is 3.97. The summed E-state index contributed by atoms with van der Waals surface area (Å²) in [5.41, 5.74) is 2.25. The van der Waals surface area contributed by atoms with Gasteiger partial charge in [0.1, 0.15) is 5.75 Å². The number of halogens is 2. The highest BCUT2D eigenvalue weighted by Crippen LogP contribution is 2.40. The number of nitrogens with zero attached hydrogens (tertiary/aromatic N) is 2. The van der Waals surface area contributed by atoms with Crippen molar-refractivity contribution in [1.82, 2.24) is 0 Å². The van der Waals surface area contributed by atoms with Crippen LogP contribution in [-0.2, 0) is 4.79 Å². The molecule has 0 unspecified atom stereocenters. The number of hydrogen-bond acceptors (Lipinski definition) is 4. The van der Waals surface area contributed by atoms with Gasteiger partial charge in [0, 0.05) is 15.6 Å². The molecule has 5 rings (SSSR count). The molecule has 0 radical (unpaired) electrons. The summed E-state index contributed by atoms with van der Waals surface area (Å²) in [7, 11) is 0. The van der Waals surface area contributed by atoms with Gasteiger partial charge in [0.15, 0.2) is 5.17 Å². The number of carbonyl (C=O) groups is 1. The number of fused-ring (bicyclic) bond motifs is 1. The second-order valence-corrected chi connectivity index (χ2v) is 10.3. The van der Waals surface area contributed by atoms with Gasteiger partial charge in [-0.25, -0.2) is 4.99 Å². The van der Waals surface area contributed by atoms with E-state index in [0.717, 1.165) is 22.1 Å². The number of aliphatic imine (C=N–C) groups is 1. The van der Waals surface area contributed by atoms with Gasteiger partial charge in [-0.1, -0.05) is 53.5 Å². The summed E-state index contributed by atoms with van der Waals surface area (Å²) in [6.07, 6.45) is 1.89. The van der Waals surface area contributed by atoms with E-state index in [0.29, 0.717) is 31.5 Å². The summed E-state index contributed by atoms with van der Waals surface area (Å²) >= 11 is 13.5. The SMILES string of the molecule is CC(C)Oc1ccc2ccccc2c1/C=C1\SC(=Nc2ccc(Cl)cc2)N(c2ccc(Cl)cc2)C1=O. The molecule has 0 atom stereocenters. The Balaban J connectivity index is 1.64. The lowest BCUT2D eigenvalue weighted by Crippen LogP contribution is -2.28. The van der Waals surface area contributed by atoms with Gasteiger partial charge in [0.05, 0.1) is 22.4 Å². The summed E-state index contributed by atoms with van der Waals surface area (Å²) in [4.78, 5) is 20.7. The van der Waals surface area contributed by atoms with Crippen LogP contribution in [0.15, 0.2) is 94.8 Å². The minimum absolute atomic E-state index is 0.0113. The summed E-state index contributed by atoms with van der Waals surface area (Å²) in [6, 6.07) is 26.4. The van der Waals surface area contributed by atoms with Gasteiger partial charge in [-0.3, -0.25) is 9.69 Å². The van der Waals surface area contributed by atoms with Gasteiger partial charge in [-0.15, -0.1) is 0 Å². The second kappa shape index (κ2) is 10.4. The van der Waals surface area contributed by atoms with Crippen LogP contribution in [-0.4, -0.2) is 17.2 Å². The number of thioether (sulfide) groups is 1. The topological polar surface area (TPSA) is 41.9 Å². The van der Waals surface area contributed by atoms with Gasteiger partial charge in [-0.05, 0) is 97.1 Å². The van der Waals surface area contributed by atoms with Gasteiger partial charge in [0.2, 0.25) is 0 Å². The largest absolute Gasteiger partial charge is 0.490 e.